The third kappa shape index (κ3) is 2.41. The van der Waals surface area contributed by atoms with Crippen LogP contribution in [-0.2, 0) is 0 Å². The number of hydrogen-bond acceptors (Lipinski definition) is 4. The summed E-state index contributed by atoms with van der Waals surface area (Å²) < 4.78 is 7.79. The van der Waals surface area contributed by atoms with Gasteiger partial charge >= 0.3 is 0 Å². The molecule has 0 saturated carbocycles. The number of ether oxygens (including phenoxy) is 1. The summed E-state index contributed by atoms with van der Waals surface area (Å²) in [7, 11) is 0. The second-order valence-electron chi connectivity index (χ2n) is 4.06. The van der Waals surface area contributed by atoms with Crippen molar-refractivity contribution in [3.63, 3.8) is 0 Å². The highest BCUT2D eigenvalue weighted by molar-refractivity contribution is 7.30. The van der Waals surface area contributed by atoms with Gasteiger partial charge in [0.15, 0.2) is 6.29 Å². The summed E-state index contributed by atoms with van der Waals surface area (Å²) in [5.74, 6) is 0.896. The molecular weight excluding hydrogens is 276 g/mol. The minimum Gasteiger partial charge on any atom is -0.494 e. The van der Waals surface area contributed by atoms with Crippen LogP contribution in [0.25, 0.3) is 19.8 Å². The standard InChI is InChI=1S/C15H12O2S2/c1-2-17-11-5-3-10(4-6-11)13-8-15-14(19-13)7-12(9-16)18-15/h3-9H,2H2,1H3. The minimum absolute atomic E-state index is 0.683. The van der Waals surface area contributed by atoms with Crippen molar-refractivity contribution in [1.82, 2.24) is 0 Å². The van der Waals surface area contributed by atoms with Gasteiger partial charge < -0.3 is 4.74 Å². The normalized spacial score (nSPS) is 10.8. The molecule has 0 aliphatic carbocycles. The van der Waals surface area contributed by atoms with Crippen LogP contribution in [0.5, 0.6) is 5.75 Å². The Labute approximate surface area is 119 Å². The second-order valence-corrected chi connectivity index (χ2v) is 6.26. The van der Waals surface area contributed by atoms with Crippen LogP contribution in [0.15, 0.2) is 36.4 Å². The molecule has 4 heteroatoms. The first-order chi connectivity index (χ1) is 9.30. The Hall–Kier alpha value is -1.65. The first-order valence-corrected chi connectivity index (χ1v) is 7.65. The Morgan fingerprint density at radius 2 is 1.84 bits per heavy atom. The van der Waals surface area contributed by atoms with Gasteiger partial charge in [-0.25, -0.2) is 0 Å². The van der Waals surface area contributed by atoms with Gasteiger partial charge in [0.2, 0.25) is 0 Å². The van der Waals surface area contributed by atoms with Crippen LogP contribution in [0.1, 0.15) is 16.6 Å². The molecule has 2 nitrogen and oxygen atoms in total. The van der Waals surface area contributed by atoms with Gasteiger partial charge in [-0.1, -0.05) is 0 Å². The fourth-order valence-electron chi connectivity index (χ4n) is 1.94. The zero-order chi connectivity index (χ0) is 13.2. The Kier molecular flexibility index (Phi) is 3.36. The van der Waals surface area contributed by atoms with E-state index in [0.717, 1.165) is 16.9 Å². The van der Waals surface area contributed by atoms with Crippen molar-refractivity contribution in [3.8, 4) is 16.2 Å². The quantitative estimate of drug-likeness (QED) is 0.642. The van der Waals surface area contributed by atoms with E-state index in [-0.39, 0.29) is 0 Å². The molecule has 3 rings (SSSR count). The highest BCUT2D eigenvalue weighted by Gasteiger charge is 2.08. The SMILES string of the molecule is CCOc1ccc(-c2cc3sc(C=O)cc3s2)cc1. The number of benzene rings is 1. The molecule has 96 valence electrons. The third-order valence-electron chi connectivity index (χ3n) is 2.79. The molecule has 19 heavy (non-hydrogen) atoms. The van der Waals surface area contributed by atoms with Crippen LogP contribution in [-0.4, -0.2) is 12.9 Å². The lowest BCUT2D eigenvalue weighted by Crippen LogP contribution is -1.90. The van der Waals surface area contributed by atoms with E-state index in [1.54, 1.807) is 22.7 Å². The molecule has 0 atom stereocenters. The van der Waals surface area contributed by atoms with Gasteiger partial charge in [-0.2, -0.15) is 0 Å². The Bertz CT molecular complexity index is 676. The summed E-state index contributed by atoms with van der Waals surface area (Å²) in [6.45, 7) is 2.66. The number of carbonyl (C=O) groups excluding carboxylic acids is 1. The van der Waals surface area contributed by atoms with E-state index in [1.807, 2.05) is 25.1 Å². The fourth-order valence-corrected chi connectivity index (χ4v) is 4.16. The molecule has 0 amide bonds. The molecule has 0 spiro atoms. The molecule has 0 fully saturated rings. The maximum Gasteiger partial charge on any atom is 0.160 e. The summed E-state index contributed by atoms with van der Waals surface area (Å²) in [4.78, 5) is 12.7. The average molecular weight is 288 g/mol. The van der Waals surface area contributed by atoms with Gasteiger partial charge in [0.1, 0.15) is 5.75 Å². The molecule has 0 aliphatic heterocycles. The number of rotatable bonds is 4. The summed E-state index contributed by atoms with van der Waals surface area (Å²) >= 11 is 3.26. The highest BCUT2D eigenvalue weighted by Crippen LogP contribution is 2.38. The smallest absolute Gasteiger partial charge is 0.160 e. The van der Waals surface area contributed by atoms with E-state index in [2.05, 4.69) is 18.2 Å². The van der Waals surface area contributed by atoms with Crippen LogP contribution < -0.4 is 4.74 Å². The monoisotopic (exact) mass is 288 g/mol. The van der Waals surface area contributed by atoms with E-state index in [1.165, 1.54) is 19.8 Å². The summed E-state index contributed by atoms with van der Waals surface area (Å²) in [6.07, 6.45) is 0.911. The molecule has 0 saturated heterocycles. The summed E-state index contributed by atoms with van der Waals surface area (Å²) in [5, 5.41) is 0. The van der Waals surface area contributed by atoms with Crippen molar-refractivity contribution >= 4 is 38.4 Å². The molecule has 1 aromatic carbocycles. The predicted molar refractivity (Wildman–Crippen MR) is 81.7 cm³/mol. The fraction of sp³-hybridized carbons (Fsp3) is 0.133. The van der Waals surface area contributed by atoms with Crippen molar-refractivity contribution < 1.29 is 9.53 Å². The van der Waals surface area contributed by atoms with Gasteiger partial charge in [0, 0.05) is 14.3 Å². The molecule has 0 unspecified atom stereocenters. The molecule has 0 aliphatic rings. The highest BCUT2D eigenvalue weighted by atomic mass is 32.1. The van der Waals surface area contributed by atoms with Crippen LogP contribution in [0, 0.1) is 0 Å². The van der Waals surface area contributed by atoms with Crippen molar-refractivity contribution in [1.29, 1.82) is 0 Å². The number of aldehydes is 1. The van der Waals surface area contributed by atoms with Gasteiger partial charge in [0.05, 0.1) is 11.5 Å². The zero-order valence-electron chi connectivity index (χ0n) is 10.4. The molecule has 2 heterocycles. The topological polar surface area (TPSA) is 26.3 Å². The maximum atomic E-state index is 10.7. The molecule has 0 bridgehead atoms. The lowest BCUT2D eigenvalue weighted by Gasteiger charge is -2.03. The molecule has 0 N–H and O–H groups in total. The average Bonchev–Trinajstić information content (AvgIpc) is 2.97. The molecule has 0 radical (unpaired) electrons. The maximum absolute atomic E-state index is 10.7. The lowest BCUT2D eigenvalue weighted by atomic mass is 10.2. The van der Waals surface area contributed by atoms with E-state index < -0.39 is 0 Å². The van der Waals surface area contributed by atoms with Crippen LogP contribution in [0.2, 0.25) is 0 Å². The lowest BCUT2D eigenvalue weighted by molar-refractivity contribution is 0.112. The van der Waals surface area contributed by atoms with Gasteiger partial charge in [-0.15, -0.1) is 22.7 Å². The molecule has 3 aromatic rings. The van der Waals surface area contributed by atoms with Crippen LogP contribution >= 0.6 is 22.7 Å². The predicted octanol–water partition coefficient (Wildman–Crippen LogP) is 4.84. The first kappa shape index (κ1) is 12.4. The van der Waals surface area contributed by atoms with E-state index in [4.69, 9.17) is 4.74 Å². The van der Waals surface area contributed by atoms with Crippen molar-refractivity contribution in [2.45, 2.75) is 6.92 Å². The largest absolute Gasteiger partial charge is 0.494 e. The number of hydrogen-bond donors (Lipinski definition) is 0. The Balaban J connectivity index is 1.94. The summed E-state index contributed by atoms with van der Waals surface area (Å²) in [5.41, 5.74) is 1.18. The second kappa shape index (κ2) is 5.15. The van der Waals surface area contributed by atoms with E-state index in [9.17, 15) is 4.79 Å². The van der Waals surface area contributed by atoms with Gasteiger partial charge in [-0.05, 0) is 48.9 Å². The van der Waals surface area contributed by atoms with Crippen molar-refractivity contribution in [3.05, 3.63) is 41.3 Å². The first-order valence-electron chi connectivity index (χ1n) is 6.02. The third-order valence-corrected chi connectivity index (χ3v) is 5.06. The van der Waals surface area contributed by atoms with E-state index >= 15 is 0 Å². The number of carbonyl (C=O) groups is 1. The van der Waals surface area contributed by atoms with Crippen molar-refractivity contribution in [2.24, 2.45) is 0 Å². The van der Waals surface area contributed by atoms with Crippen LogP contribution in [0.3, 0.4) is 0 Å². The van der Waals surface area contributed by atoms with Gasteiger partial charge in [-0.3, -0.25) is 4.79 Å². The Morgan fingerprint density at radius 1 is 1.11 bits per heavy atom. The van der Waals surface area contributed by atoms with E-state index in [0.29, 0.717) is 6.61 Å². The zero-order valence-corrected chi connectivity index (χ0v) is 12.0. The molecular formula is C15H12O2S2. The van der Waals surface area contributed by atoms with Crippen molar-refractivity contribution in [2.75, 3.05) is 6.61 Å². The Morgan fingerprint density at radius 3 is 2.47 bits per heavy atom. The minimum atomic E-state index is 0.683. The number of fused-ring (bicyclic) bond motifs is 1. The number of thiophene rings is 2. The molecule has 2 aromatic heterocycles. The van der Waals surface area contributed by atoms with Gasteiger partial charge in [0.25, 0.3) is 0 Å². The summed E-state index contributed by atoms with van der Waals surface area (Å²) in [6, 6.07) is 12.2. The van der Waals surface area contributed by atoms with Crippen LogP contribution in [0.4, 0.5) is 0 Å².